The first-order chi connectivity index (χ1) is 8.60. The maximum atomic E-state index is 6.23. The van der Waals surface area contributed by atoms with Gasteiger partial charge in [-0.2, -0.15) is 0 Å². The van der Waals surface area contributed by atoms with Crippen LogP contribution in [0.1, 0.15) is 18.2 Å². The molecule has 2 rings (SSSR count). The number of rotatable bonds is 4. The second-order valence-corrected chi connectivity index (χ2v) is 5.05. The van der Waals surface area contributed by atoms with Crippen molar-refractivity contribution in [1.29, 1.82) is 0 Å². The minimum atomic E-state index is 0.400. The molecule has 0 saturated carbocycles. The first-order valence-corrected chi connectivity index (χ1v) is 6.50. The van der Waals surface area contributed by atoms with E-state index in [1.54, 1.807) is 0 Å². The summed E-state index contributed by atoms with van der Waals surface area (Å²) in [5.41, 5.74) is 2.10. The Hall–Kier alpha value is -1.25. The molecule has 1 atom stereocenters. The van der Waals surface area contributed by atoms with E-state index < -0.39 is 0 Å². The van der Waals surface area contributed by atoms with E-state index in [1.807, 2.05) is 44.3 Å². The van der Waals surface area contributed by atoms with Crippen LogP contribution < -0.4 is 5.32 Å². The molecule has 2 nitrogen and oxygen atoms in total. The molecule has 18 heavy (non-hydrogen) atoms. The topological polar surface area (TPSA) is 25.2 Å². The van der Waals surface area contributed by atoms with Crippen molar-refractivity contribution in [3.63, 3.8) is 0 Å². The SMILES string of the molecule is CNC(C)Cc1ccc(-c2ccc(C)cc2Cl)o1. The van der Waals surface area contributed by atoms with Gasteiger partial charge in [-0.1, -0.05) is 17.7 Å². The Morgan fingerprint density at radius 3 is 2.72 bits per heavy atom. The lowest BCUT2D eigenvalue weighted by Gasteiger charge is -2.07. The third kappa shape index (κ3) is 2.95. The van der Waals surface area contributed by atoms with Crippen molar-refractivity contribution < 1.29 is 4.42 Å². The molecule has 0 fully saturated rings. The van der Waals surface area contributed by atoms with Gasteiger partial charge < -0.3 is 9.73 Å². The minimum Gasteiger partial charge on any atom is -0.461 e. The minimum absolute atomic E-state index is 0.400. The van der Waals surface area contributed by atoms with Gasteiger partial charge in [0.2, 0.25) is 0 Å². The van der Waals surface area contributed by atoms with Gasteiger partial charge in [0.15, 0.2) is 0 Å². The summed E-state index contributed by atoms with van der Waals surface area (Å²) in [6.07, 6.45) is 0.875. The molecule has 3 heteroatoms. The fraction of sp³-hybridized carbons (Fsp3) is 0.333. The van der Waals surface area contributed by atoms with E-state index in [-0.39, 0.29) is 0 Å². The molecule has 0 aliphatic carbocycles. The lowest BCUT2D eigenvalue weighted by Crippen LogP contribution is -2.23. The highest BCUT2D eigenvalue weighted by molar-refractivity contribution is 6.33. The Labute approximate surface area is 113 Å². The summed E-state index contributed by atoms with van der Waals surface area (Å²) in [6.45, 7) is 4.15. The van der Waals surface area contributed by atoms with Gasteiger partial charge in [0.1, 0.15) is 11.5 Å². The molecule has 0 spiro atoms. The third-order valence-corrected chi connectivity index (χ3v) is 3.36. The van der Waals surface area contributed by atoms with Crippen molar-refractivity contribution in [1.82, 2.24) is 5.32 Å². The van der Waals surface area contributed by atoms with E-state index in [2.05, 4.69) is 12.2 Å². The van der Waals surface area contributed by atoms with Crippen molar-refractivity contribution in [2.45, 2.75) is 26.3 Å². The van der Waals surface area contributed by atoms with Gasteiger partial charge in [-0.05, 0) is 50.7 Å². The molecule has 0 saturated heterocycles. The number of nitrogens with one attached hydrogen (secondary N) is 1. The molecule has 2 aromatic rings. The predicted molar refractivity (Wildman–Crippen MR) is 76.1 cm³/mol. The van der Waals surface area contributed by atoms with E-state index in [1.165, 1.54) is 0 Å². The molecule has 1 aromatic carbocycles. The third-order valence-electron chi connectivity index (χ3n) is 3.05. The van der Waals surface area contributed by atoms with Crippen LogP contribution in [0.2, 0.25) is 5.02 Å². The zero-order valence-corrected chi connectivity index (χ0v) is 11.7. The van der Waals surface area contributed by atoms with Crippen LogP contribution in [0.25, 0.3) is 11.3 Å². The molecule has 0 aliphatic rings. The van der Waals surface area contributed by atoms with E-state index in [0.29, 0.717) is 6.04 Å². The molecular weight excluding hydrogens is 246 g/mol. The zero-order chi connectivity index (χ0) is 13.1. The average Bonchev–Trinajstić information content (AvgIpc) is 2.77. The van der Waals surface area contributed by atoms with Gasteiger partial charge in [0.25, 0.3) is 0 Å². The fourth-order valence-electron chi connectivity index (χ4n) is 1.86. The summed E-state index contributed by atoms with van der Waals surface area (Å²) < 4.78 is 5.84. The molecule has 1 N–H and O–H groups in total. The molecule has 0 radical (unpaired) electrons. The van der Waals surface area contributed by atoms with Gasteiger partial charge in [-0.3, -0.25) is 0 Å². The van der Waals surface area contributed by atoms with E-state index in [9.17, 15) is 0 Å². The Kier molecular flexibility index (Phi) is 4.10. The molecule has 96 valence electrons. The van der Waals surface area contributed by atoms with Crippen LogP contribution >= 0.6 is 11.6 Å². The second kappa shape index (κ2) is 5.59. The Bertz CT molecular complexity index is 533. The van der Waals surface area contributed by atoms with Crippen LogP contribution in [0.3, 0.4) is 0 Å². The lowest BCUT2D eigenvalue weighted by atomic mass is 10.1. The van der Waals surface area contributed by atoms with E-state index in [0.717, 1.165) is 34.1 Å². The second-order valence-electron chi connectivity index (χ2n) is 4.64. The molecule has 0 aliphatic heterocycles. The number of halogens is 1. The first-order valence-electron chi connectivity index (χ1n) is 6.12. The number of aryl methyl sites for hydroxylation is 1. The predicted octanol–water partition coefficient (Wildman–Crippen LogP) is 4.06. The molecule has 1 heterocycles. The van der Waals surface area contributed by atoms with Crippen LogP contribution in [0.4, 0.5) is 0 Å². The summed E-state index contributed by atoms with van der Waals surface area (Å²) >= 11 is 6.23. The largest absolute Gasteiger partial charge is 0.461 e. The van der Waals surface area contributed by atoms with Crippen molar-refractivity contribution in [2.75, 3.05) is 7.05 Å². The van der Waals surface area contributed by atoms with E-state index >= 15 is 0 Å². The maximum Gasteiger partial charge on any atom is 0.135 e. The number of furan rings is 1. The summed E-state index contributed by atoms with van der Waals surface area (Å²) in [5, 5.41) is 3.93. The molecular formula is C15H18ClNO. The zero-order valence-electron chi connectivity index (χ0n) is 11.0. The van der Waals surface area contributed by atoms with Gasteiger partial charge in [-0.25, -0.2) is 0 Å². The normalized spacial score (nSPS) is 12.7. The number of hydrogen-bond donors (Lipinski definition) is 1. The van der Waals surface area contributed by atoms with Crippen molar-refractivity contribution >= 4 is 11.6 Å². The first kappa shape index (κ1) is 13.2. The number of likely N-dealkylation sites (N-methyl/N-ethyl adjacent to an activating group) is 1. The fourth-order valence-corrected chi connectivity index (χ4v) is 2.18. The highest BCUT2D eigenvalue weighted by Gasteiger charge is 2.10. The van der Waals surface area contributed by atoms with Crippen LogP contribution in [-0.4, -0.2) is 13.1 Å². The van der Waals surface area contributed by atoms with Crippen LogP contribution in [0.15, 0.2) is 34.7 Å². The van der Waals surface area contributed by atoms with Crippen molar-refractivity contribution in [3.05, 3.63) is 46.7 Å². The van der Waals surface area contributed by atoms with Crippen LogP contribution in [0.5, 0.6) is 0 Å². The summed E-state index contributed by atoms with van der Waals surface area (Å²) in [7, 11) is 1.95. The number of hydrogen-bond acceptors (Lipinski definition) is 2. The Morgan fingerprint density at radius 2 is 2.06 bits per heavy atom. The molecule has 0 bridgehead atoms. The summed E-state index contributed by atoms with van der Waals surface area (Å²) in [5.74, 6) is 1.81. The lowest BCUT2D eigenvalue weighted by molar-refractivity contribution is 0.481. The summed E-state index contributed by atoms with van der Waals surface area (Å²) in [4.78, 5) is 0. The van der Waals surface area contributed by atoms with Crippen molar-refractivity contribution in [2.24, 2.45) is 0 Å². The van der Waals surface area contributed by atoms with Gasteiger partial charge in [0.05, 0.1) is 5.02 Å². The average molecular weight is 264 g/mol. The van der Waals surface area contributed by atoms with Crippen molar-refractivity contribution in [3.8, 4) is 11.3 Å². The highest BCUT2D eigenvalue weighted by atomic mass is 35.5. The summed E-state index contributed by atoms with van der Waals surface area (Å²) in [6, 6.07) is 10.4. The van der Waals surface area contributed by atoms with E-state index in [4.69, 9.17) is 16.0 Å². The Balaban J connectivity index is 2.24. The maximum absolute atomic E-state index is 6.23. The monoisotopic (exact) mass is 263 g/mol. The highest BCUT2D eigenvalue weighted by Crippen LogP contribution is 2.30. The smallest absolute Gasteiger partial charge is 0.135 e. The van der Waals surface area contributed by atoms with Gasteiger partial charge in [0, 0.05) is 18.0 Å². The number of benzene rings is 1. The molecule has 1 aromatic heterocycles. The molecule has 0 amide bonds. The van der Waals surface area contributed by atoms with Crippen LogP contribution in [0, 0.1) is 6.92 Å². The quantitative estimate of drug-likeness (QED) is 0.900. The standard InChI is InChI=1S/C15H18ClNO/c1-10-4-6-13(14(16)8-10)15-7-5-12(18-15)9-11(2)17-3/h4-8,11,17H,9H2,1-3H3. The van der Waals surface area contributed by atoms with Gasteiger partial charge in [-0.15, -0.1) is 0 Å². The Morgan fingerprint density at radius 1 is 1.28 bits per heavy atom. The van der Waals surface area contributed by atoms with Gasteiger partial charge >= 0.3 is 0 Å². The van der Waals surface area contributed by atoms with Crippen LogP contribution in [-0.2, 0) is 6.42 Å². The molecule has 1 unspecified atom stereocenters.